The molecule has 2 N–H and O–H groups in total. The van der Waals surface area contributed by atoms with Crippen LogP contribution < -0.4 is 15.4 Å². The van der Waals surface area contributed by atoms with Crippen molar-refractivity contribution in [3.8, 4) is 5.75 Å². The van der Waals surface area contributed by atoms with Gasteiger partial charge in [-0.2, -0.15) is 0 Å². The normalized spacial score (nSPS) is 14.2. The largest absolute Gasteiger partial charge is 0.483 e. The molecule has 5 heteroatoms. The molecule has 1 aliphatic rings. The van der Waals surface area contributed by atoms with Crippen LogP contribution >= 0.6 is 12.4 Å². The molecule has 0 spiro atoms. The fourth-order valence-corrected chi connectivity index (χ4v) is 1.93. The van der Waals surface area contributed by atoms with E-state index in [-0.39, 0.29) is 30.5 Å². The van der Waals surface area contributed by atoms with Crippen molar-refractivity contribution in [3.63, 3.8) is 0 Å². The highest BCUT2D eigenvalue weighted by atomic mass is 35.5. The van der Waals surface area contributed by atoms with Crippen LogP contribution in [0.2, 0.25) is 0 Å². The molecule has 0 bridgehead atoms. The highest BCUT2D eigenvalue weighted by Crippen LogP contribution is 2.22. The van der Waals surface area contributed by atoms with Gasteiger partial charge in [-0.1, -0.05) is 18.2 Å². The van der Waals surface area contributed by atoms with Crippen LogP contribution in [0.3, 0.4) is 0 Å². The summed E-state index contributed by atoms with van der Waals surface area (Å²) in [5.41, 5.74) is 0.871. The third kappa shape index (κ3) is 6.82. The van der Waals surface area contributed by atoms with E-state index in [1.165, 1.54) is 12.8 Å². The van der Waals surface area contributed by atoms with Gasteiger partial charge in [0.25, 0.3) is 5.91 Å². The molecule has 118 valence electrons. The number of halogens is 1. The summed E-state index contributed by atoms with van der Waals surface area (Å²) in [6.07, 6.45) is 2.52. The van der Waals surface area contributed by atoms with Crippen LogP contribution in [0, 0.1) is 0 Å². The Morgan fingerprint density at radius 1 is 1.29 bits per heavy atom. The number of benzene rings is 1. The first kappa shape index (κ1) is 17.8. The summed E-state index contributed by atoms with van der Waals surface area (Å²) in [4.78, 5) is 11.8. The van der Waals surface area contributed by atoms with Crippen LogP contribution in [-0.2, 0) is 11.3 Å². The van der Waals surface area contributed by atoms with Gasteiger partial charge in [-0.05, 0) is 39.7 Å². The zero-order valence-electron chi connectivity index (χ0n) is 12.9. The standard InChI is InChI=1S/C16H24N2O2.ClH/c1-16(2,3)18-15(19)11-20-14-7-5-4-6-12(14)10-17-13-8-9-13;/h4-7,13,17H,8-11H2,1-3H3,(H,18,19);1H. The minimum atomic E-state index is -0.229. The predicted octanol–water partition coefficient (Wildman–Crippen LogP) is 2.65. The van der Waals surface area contributed by atoms with Crippen molar-refractivity contribution >= 4 is 18.3 Å². The van der Waals surface area contributed by atoms with E-state index in [1.54, 1.807) is 0 Å². The lowest BCUT2D eigenvalue weighted by Crippen LogP contribution is -2.43. The molecule has 0 unspecified atom stereocenters. The van der Waals surface area contributed by atoms with Gasteiger partial charge < -0.3 is 15.4 Å². The number of rotatable bonds is 6. The van der Waals surface area contributed by atoms with Crippen LogP contribution in [0.1, 0.15) is 39.2 Å². The first-order valence-electron chi connectivity index (χ1n) is 7.19. The van der Waals surface area contributed by atoms with E-state index in [0.29, 0.717) is 6.04 Å². The number of ether oxygens (including phenoxy) is 1. The fourth-order valence-electron chi connectivity index (χ4n) is 1.93. The van der Waals surface area contributed by atoms with Crippen molar-refractivity contribution in [3.05, 3.63) is 29.8 Å². The zero-order valence-corrected chi connectivity index (χ0v) is 13.8. The Kier molecular flexibility index (Phi) is 6.49. The highest BCUT2D eigenvalue weighted by Gasteiger charge is 2.20. The number of carbonyl (C=O) groups excluding carboxylic acids is 1. The Bertz CT molecular complexity index is 468. The Balaban J connectivity index is 0.00000220. The molecule has 0 aliphatic heterocycles. The Morgan fingerprint density at radius 3 is 2.57 bits per heavy atom. The fraction of sp³-hybridized carbons (Fsp3) is 0.562. The number of nitrogens with one attached hydrogen (secondary N) is 2. The molecular formula is C16H25ClN2O2. The second-order valence-corrected chi connectivity index (χ2v) is 6.35. The lowest BCUT2D eigenvalue weighted by molar-refractivity contribution is -0.124. The predicted molar refractivity (Wildman–Crippen MR) is 86.9 cm³/mol. The van der Waals surface area contributed by atoms with Gasteiger partial charge >= 0.3 is 0 Å². The molecule has 0 saturated heterocycles. The van der Waals surface area contributed by atoms with Crippen LogP contribution in [0.25, 0.3) is 0 Å². The van der Waals surface area contributed by atoms with Gasteiger partial charge in [0.15, 0.2) is 6.61 Å². The van der Waals surface area contributed by atoms with E-state index < -0.39 is 0 Å². The average molecular weight is 313 g/mol. The Labute approximate surface area is 133 Å². The number of hydrogen-bond donors (Lipinski definition) is 2. The zero-order chi connectivity index (χ0) is 14.6. The number of para-hydroxylation sites is 1. The lowest BCUT2D eigenvalue weighted by atomic mass is 10.1. The van der Waals surface area contributed by atoms with Crippen molar-refractivity contribution < 1.29 is 9.53 Å². The minimum absolute atomic E-state index is 0. The maximum atomic E-state index is 11.8. The Hall–Kier alpha value is -1.26. The first-order chi connectivity index (χ1) is 9.44. The van der Waals surface area contributed by atoms with Crippen LogP contribution in [0.5, 0.6) is 5.75 Å². The van der Waals surface area contributed by atoms with Gasteiger partial charge in [-0.15, -0.1) is 12.4 Å². The summed E-state index contributed by atoms with van der Waals surface area (Å²) in [6, 6.07) is 8.52. The van der Waals surface area contributed by atoms with Crippen molar-refractivity contribution in [1.29, 1.82) is 0 Å². The second-order valence-electron chi connectivity index (χ2n) is 6.35. The average Bonchev–Trinajstić information content (AvgIpc) is 3.17. The molecule has 1 saturated carbocycles. The molecule has 0 heterocycles. The first-order valence-corrected chi connectivity index (χ1v) is 7.19. The van der Waals surface area contributed by atoms with Gasteiger partial charge in [-0.3, -0.25) is 4.79 Å². The topological polar surface area (TPSA) is 50.4 Å². The van der Waals surface area contributed by atoms with Crippen molar-refractivity contribution in [2.24, 2.45) is 0 Å². The molecule has 0 aromatic heterocycles. The molecule has 0 radical (unpaired) electrons. The summed E-state index contributed by atoms with van der Waals surface area (Å²) in [6.45, 7) is 6.72. The molecule has 1 amide bonds. The second kappa shape index (κ2) is 7.66. The van der Waals surface area contributed by atoms with Gasteiger partial charge in [-0.25, -0.2) is 0 Å². The molecule has 1 aromatic carbocycles. The molecular weight excluding hydrogens is 288 g/mol. The van der Waals surface area contributed by atoms with Gasteiger partial charge in [0, 0.05) is 23.7 Å². The van der Waals surface area contributed by atoms with Crippen molar-refractivity contribution in [2.45, 2.75) is 51.7 Å². The number of hydrogen-bond acceptors (Lipinski definition) is 3. The van der Waals surface area contributed by atoms with E-state index in [2.05, 4.69) is 10.6 Å². The Morgan fingerprint density at radius 2 is 1.95 bits per heavy atom. The van der Waals surface area contributed by atoms with E-state index in [1.807, 2.05) is 45.0 Å². The molecule has 1 aliphatic carbocycles. The van der Waals surface area contributed by atoms with Crippen molar-refractivity contribution in [1.82, 2.24) is 10.6 Å². The maximum absolute atomic E-state index is 11.8. The molecule has 21 heavy (non-hydrogen) atoms. The van der Waals surface area contributed by atoms with Gasteiger partial charge in [0.05, 0.1) is 0 Å². The summed E-state index contributed by atoms with van der Waals surface area (Å²) < 4.78 is 5.65. The van der Waals surface area contributed by atoms with Crippen molar-refractivity contribution in [2.75, 3.05) is 6.61 Å². The van der Waals surface area contributed by atoms with Gasteiger partial charge in [0.2, 0.25) is 0 Å². The number of amides is 1. The van der Waals surface area contributed by atoms with E-state index in [9.17, 15) is 4.79 Å². The number of carbonyl (C=O) groups is 1. The highest BCUT2D eigenvalue weighted by molar-refractivity contribution is 5.85. The molecule has 1 aromatic rings. The maximum Gasteiger partial charge on any atom is 0.258 e. The lowest BCUT2D eigenvalue weighted by Gasteiger charge is -2.20. The van der Waals surface area contributed by atoms with Gasteiger partial charge in [0.1, 0.15) is 5.75 Å². The summed E-state index contributed by atoms with van der Waals surface area (Å²) in [5, 5.41) is 6.35. The van der Waals surface area contributed by atoms with Crippen LogP contribution in [0.4, 0.5) is 0 Å². The molecule has 2 rings (SSSR count). The monoisotopic (exact) mass is 312 g/mol. The van der Waals surface area contributed by atoms with E-state index >= 15 is 0 Å². The van der Waals surface area contributed by atoms with E-state index in [4.69, 9.17) is 4.74 Å². The SMILES string of the molecule is CC(C)(C)NC(=O)COc1ccccc1CNC1CC1.Cl. The summed E-state index contributed by atoms with van der Waals surface area (Å²) in [7, 11) is 0. The van der Waals surface area contributed by atoms with Crippen LogP contribution in [0.15, 0.2) is 24.3 Å². The minimum Gasteiger partial charge on any atom is -0.483 e. The van der Waals surface area contributed by atoms with Crippen LogP contribution in [-0.4, -0.2) is 24.1 Å². The molecule has 1 fully saturated rings. The van der Waals surface area contributed by atoms with E-state index in [0.717, 1.165) is 17.9 Å². The smallest absolute Gasteiger partial charge is 0.258 e. The quantitative estimate of drug-likeness (QED) is 0.849. The third-order valence-electron chi connectivity index (χ3n) is 3.00. The summed E-state index contributed by atoms with van der Waals surface area (Å²) >= 11 is 0. The third-order valence-corrected chi connectivity index (χ3v) is 3.00. The summed E-state index contributed by atoms with van der Waals surface area (Å²) in [5.74, 6) is 0.687. The molecule has 0 atom stereocenters. The molecule has 4 nitrogen and oxygen atoms in total.